The maximum absolute atomic E-state index is 11.4. The second-order valence-electron chi connectivity index (χ2n) is 3.34. The second kappa shape index (κ2) is 6.28. The van der Waals surface area contributed by atoms with E-state index in [0.29, 0.717) is 0 Å². The van der Waals surface area contributed by atoms with E-state index in [1.807, 2.05) is 44.2 Å². The van der Waals surface area contributed by atoms with Crippen molar-refractivity contribution in [2.45, 2.75) is 13.8 Å². The number of rotatable bonds is 3. The zero-order valence-electron chi connectivity index (χ0n) is 9.33. The Hall–Kier alpha value is -1.35. The topological polar surface area (TPSA) is 29.1 Å². The number of nitrogens with one attached hydrogen (secondary N) is 1. The molecule has 2 nitrogen and oxygen atoms in total. The van der Waals surface area contributed by atoms with E-state index in [9.17, 15) is 4.79 Å². The Bertz CT molecular complexity index is 436. The van der Waals surface area contributed by atoms with E-state index in [-0.39, 0.29) is 5.91 Å². The molecule has 0 aromatic heterocycles. The zero-order chi connectivity index (χ0) is 12.0. The number of amides is 1. The summed E-state index contributed by atoms with van der Waals surface area (Å²) in [6, 6.07) is 5.72. The molecule has 0 heterocycles. The molecular weight excluding hydrogens is 266 g/mol. The van der Waals surface area contributed by atoms with Crippen molar-refractivity contribution in [2.24, 2.45) is 0 Å². The minimum Gasteiger partial charge on any atom is -0.322 e. The maximum atomic E-state index is 11.4. The van der Waals surface area contributed by atoms with Crippen LogP contribution in [0.2, 0.25) is 0 Å². The third kappa shape index (κ3) is 4.03. The summed E-state index contributed by atoms with van der Waals surface area (Å²) in [6.45, 7) is 3.90. The first-order valence-corrected chi connectivity index (χ1v) is 5.79. The number of halogens is 1. The van der Waals surface area contributed by atoms with Gasteiger partial charge in [-0.1, -0.05) is 40.2 Å². The predicted octanol–water partition coefficient (Wildman–Crippen LogP) is 3.83. The molecule has 0 aliphatic carbocycles. The average Bonchev–Trinajstić information content (AvgIpc) is 2.24. The van der Waals surface area contributed by atoms with Crippen LogP contribution in [0.3, 0.4) is 0 Å². The van der Waals surface area contributed by atoms with Crippen molar-refractivity contribution in [3.8, 4) is 0 Å². The van der Waals surface area contributed by atoms with Gasteiger partial charge in [0.1, 0.15) is 0 Å². The predicted molar refractivity (Wildman–Crippen MR) is 71.5 cm³/mol. The van der Waals surface area contributed by atoms with Crippen LogP contribution in [-0.4, -0.2) is 5.91 Å². The lowest BCUT2D eigenvalue weighted by atomic mass is 10.2. The maximum Gasteiger partial charge on any atom is 0.248 e. The summed E-state index contributed by atoms with van der Waals surface area (Å²) in [5, 5.41) is 2.78. The van der Waals surface area contributed by atoms with Crippen LogP contribution in [0.25, 0.3) is 0 Å². The number of carbonyl (C=O) groups is 1. The number of carbonyl (C=O) groups excluding carboxylic acids is 1. The van der Waals surface area contributed by atoms with Crippen LogP contribution in [-0.2, 0) is 4.79 Å². The van der Waals surface area contributed by atoms with Crippen LogP contribution in [0.15, 0.2) is 47.0 Å². The minimum absolute atomic E-state index is 0.131. The van der Waals surface area contributed by atoms with Crippen LogP contribution in [0.1, 0.15) is 12.5 Å². The summed E-state index contributed by atoms with van der Waals surface area (Å²) in [5.41, 5.74) is 1.93. The summed E-state index contributed by atoms with van der Waals surface area (Å²) >= 11 is 3.42. The fraction of sp³-hybridized carbons (Fsp3) is 0.154. The van der Waals surface area contributed by atoms with Crippen LogP contribution >= 0.6 is 15.9 Å². The Morgan fingerprint density at radius 1 is 1.38 bits per heavy atom. The summed E-state index contributed by atoms with van der Waals surface area (Å²) in [7, 11) is 0. The largest absolute Gasteiger partial charge is 0.322 e. The molecule has 0 atom stereocenters. The number of benzene rings is 1. The van der Waals surface area contributed by atoms with E-state index in [1.165, 1.54) is 6.08 Å². The lowest BCUT2D eigenvalue weighted by Crippen LogP contribution is -2.07. The van der Waals surface area contributed by atoms with Gasteiger partial charge in [-0.15, -0.1) is 0 Å². The molecule has 0 radical (unpaired) electrons. The normalized spacial score (nSPS) is 11.2. The van der Waals surface area contributed by atoms with Crippen molar-refractivity contribution in [1.29, 1.82) is 0 Å². The summed E-state index contributed by atoms with van der Waals surface area (Å²) < 4.78 is 0.989. The lowest BCUT2D eigenvalue weighted by Gasteiger charge is -2.04. The average molecular weight is 280 g/mol. The smallest absolute Gasteiger partial charge is 0.248 e. The van der Waals surface area contributed by atoms with Gasteiger partial charge < -0.3 is 5.32 Å². The molecular formula is C13H14BrNO. The Kier molecular flexibility index (Phi) is 4.99. The van der Waals surface area contributed by atoms with Gasteiger partial charge in [-0.25, -0.2) is 0 Å². The van der Waals surface area contributed by atoms with Crippen molar-refractivity contribution < 1.29 is 4.79 Å². The molecule has 1 aromatic carbocycles. The summed E-state index contributed by atoms with van der Waals surface area (Å²) in [6.07, 6.45) is 6.88. The molecule has 16 heavy (non-hydrogen) atoms. The van der Waals surface area contributed by atoms with Crippen molar-refractivity contribution in [1.82, 2.24) is 0 Å². The Balaban J connectivity index is 2.66. The fourth-order valence-corrected chi connectivity index (χ4v) is 1.49. The van der Waals surface area contributed by atoms with Gasteiger partial charge in [0.2, 0.25) is 5.91 Å². The van der Waals surface area contributed by atoms with Gasteiger partial charge in [0.15, 0.2) is 0 Å². The van der Waals surface area contributed by atoms with E-state index in [2.05, 4.69) is 21.2 Å². The van der Waals surface area contributed by atoms with Crippen molar-refractivity contribution >= 4 is 27.5 Å². The monoisotopic (exact) mass is 279 g/mol. The number of hydrogen-bond donors (Lipinski definition) is 1. The first-order chi connectivity index (χ1) is 7.63. The molecule has 1 N–H and O–H groups in total. The highest BCUT2D eigenvalue weighted by Crippen LogP contribution is 2.20. The number of anilines is 1. The molecule has 0 saturated carbocycles. The van der Waals surface area contributed by atoms with Gasteiger partial charge in [-0.3, -0.25) is 4.79 Å². The quantitative estimate of drug-likeness (QED) is 0.661. The van der Waals surface area contributed by atoms with E-state index in [4.69, 9.17) is 0 Å². The highest BCUT2D eigenvalue weighted by atomic mass is 79.9. The van der Waals surface area contributed by atoms with Crippen molar-refractivity contribution in [2.75, 3.05) is 5.32 Å². The van der Waals surface area contributed by atoms with Crippen molar-refractivity contribution in [3.63, 3.8) is 0 Å². The molecule has 3 heteroatoms. The molecule has 0 saturated heterocycles. The highest BCUT2D eigenvalue weighted by molar-refractivity contribution is 9.10. The van der Waals surface area contributed by atoms with Gasteiger partial charge in [0, 0.05) is 16.2 Å². The number of hydrogen-bond acceptors (Lipinski definition) is 1. The van der Waals surface area contributed by atoms with Gasteiger partial charge in [-0.2, -0.15) is 0 Å². The van der Waals surface area contributed by atoms with Crippen LogP contribution in [0.4, 0.5) is 5.69 Å². The van der Waals surface area contributed by atoms with Crippen LogP contribution < -0.4 is 5.32 Å². The molecule has 0 aliphatic heterocycles. The van der Waals surface area contributed by atoms with Gasteiger partial charge in [-0.05, 0) is 31.5 Å². The Labute approximate surface area is 104 Å². The van der Waals surface area contributed by atoms with Gasteiger partial charge in [0.25, 0.3) is 0 Å². The number of allylic oxidation sites excluding steroid dienone is 3. The molecule has 0 fully saturated rings. The number of aryl methyl sites for hydroxylation is 1. The lowest BCUT2D eigenvalue weighted by molar-refractivity contribution is -0.111. The molecule has 84 valence electrons. The van der Waals surface area contributed by atoms with Gasteiger partial charge in [0.05, 0.1) is 0 Å². The van der Waals surface area contributed by atoms with E-state index in [1.54, 1.807) is 6.08 Å². The third-order valence-electron chi connectivity index (χ3n) is 1.99. The Morgan fingerprint density at radius 2 is 2.12 bits per heavy atom. The molecule has 0 spiro atoms. The van der Waals surface area contributed by atoms with E-state index in [0.717, 1.165) is 15.7 Å². The molecule has 1 rings (SSSR count). The first-order valence-electron chi connectivity index (χ1n) is 5.00. The molecule has 0 unspecified atom stereocenters. The van der Waals surface area contributed by atoms with E-state index >= 15 is 0 Å². The Morgan fingerprint density at radius 3 is 2.75 bits per heavy atom. The standard InChI is InChI=1S/C13H14BrNO/c1-3-4-5-6-13(16)15-11-8-7-10(2)12(14)9-11/h3-9H,1-2H3,(H,15,16)/b4-3+,6-5+. The highest BCUT2D eigenvalue weighted by Gasteiger charge is 1.99. The molecule has 0 bridgehead atoms. The van der Waals surface area contributed by atoms with Crippen LogP contribution in [0.5, 0.6) is 0 Å². The molecule has 1 aromatic rings. The first kappa shape index (κ1) is 12.7. The summed E-state index contributed by atoms with van der Waals surface area (Å²) in [5.74, 6) is -0.131. The van der Waals surface area contributed by atoms with Crippen molar-refractivity contribution in [3.05, 3.63) is 52.5 Å². The molecule has 1 amide bonds. The van der Waals surface area contributed by atoms with E-state index < -0.39 is 0 Å². The van der Waals surface area contributed by atoms with Gasteiger partial charge >= 0.3 is 0 Å². The fourth-order valence-electron chi connectivity index (χ4n) is 1.11. The SMILES string of the molecule is C/C=C/C=C/C(=O)Nc1ccc(C)c(Br)c1. The summed E-state index contributed by atoms with van der Waals surface area (Å²) in [4.78, 5) is 11.4. The second-order valence-corrected chi connectivity index (χ2v) is 4.19. The zero-order valence-corrected chi connectivity index (χ0v) is 10.9. The minimum atomic E-state index is -0.131. The van der Waals surface area contributed by atoms with Crippen LogP contribution in [0, 0.1) is 6.92 Å². The third-order valence-corrected chi connectivity index (χ3v) is 2.84. The molecule has 0 aliphatic rings.